The van der Waals surface area contributed by atoms with Crippen molar-refractivity contribution in [3.8, 4) is 0 Å². The largest absolute Gasteiger partial charge is 0.416 e. The molecule has 56 valence electrons. The molecule has 1 aromatic heterocycles. The van der Waals surface area contributed by atoms with Gasteiger partial charge in [0, 0.05) is 28.0 Å². The molecule has 0 saturated carbocycles. The summed E-state index contributed by atoms with van der Waals surface area (Å²) in [6.45, 7) is 6.11. The van der Waals surface area contributed by atoms with E-state index in [0.29, 0.717) is 9.79 Å². The maximum atomic E-state index is 5.21. The van der Waals surface area contributed by atoms with Gasteiger partial charge in [-0.05, 0) is 0 Å². The number of aromatic nitrogens is 2. The first kappa shape index (κ1) is 7.97. The Kier molecular flexibility index (Phi) is 1.98. The lowest BCUT2D eigenvalue weighted by atomic mass is 9.97. The molecule has 0 atom stereocenters. The monoisotopic (exact) mass is 252 g/mol. The van der Waals surface area contributed by atoms with Gasteiger partial charge in [-0.25, -0.2) is 0 Å². The predicted molar refractivity (Wildman–Crippen MR) is 45.7 cm³/mol. The van der Waals surface area contributed by atoms with Crippen LogP contribution in [0.1, 0.15) is 26.7 Å². The molecule has 0 aliphatic heterocycles. The van der Waals surface area contributed by atoms with Crippen molar-refractivity contribution in [2.45, 2.75) is 26.2 Å². The van der Waals surface area contributed by atoms with Gasteiger partial charge in [0.25, 0.3) is 3.90 Å². The molecule has 0 amide bonds. The minimum absolute atomic E-state index is 0.0313. The van der Waals surface area contributed by atoms with Crippen molar-refractivity contribution >= 4 is 22.6 Å². The summed E-state index contributed by atoms with van der Waals surface area (Å²) in [6.07, 6.45) is 0. The summed E-state index contributed by atoms with van der Waals surface area (Å²) in [5.74, 6) is 0.692. The van der Waals surface area contributed by atoms with Crippen LogP contribution in [0.15, 0.2) is 4.42 Å². The zero-order valence-corrected chi connectivity index (χ0v) is 8.34. The van der Waals surface area contributed by atoms with Gasteiger partial charge in [-0.15, -0.1) is 10.2 Å². The van der Waals surface area contributed by atoms with Crippen molar-refractivity contribution < 1.29 is 4.42 Å². The van der Waals surface area contributed by atoms with Crippen LogP contribution in [0.4, 0.5) is 0 Å². The molecular formula is C6H9IN2O. The van der Waals surface area contributed by atoms with E-state index in [1.54, 1.807) is 0 Å². The quantitative estimate of drug-likeness (QED) is 0.662. The Bertz CT molecular complexity index is 226. The Morgan fingerprint density at radius 1 is 1.30 bits per heavy atom. The lowest BCUT2D eigenvalue weighted by molar-refractivity contribution is 0.380. The zero-order chi connectivity index (χ0) is 7.78. The smallest absolute Gasteiger partial charge is 0.278 e. The summed E-state index contributed by atoms with van der Waals surface area (Å²) in [6, 6.07) is 0. The topological polar surface area (TPSA) is 38.9 Å². The first-order valence-electron chi connectivity index (χ1n) is 2.99. The van der Waals surface area contributed by atoms with E-state index in [0.717, 1.165) is 0 Å². The van der Waals surface area contributed by atoms with Gasteiger partial charge in [-0.3, -0.25) is 0 Å². The van der Waals surface area contributed by atoms with E-state index in [-0.39, 0.29) is 5.41 Å². The maximum absolute atomic E-state index is 5.21. The molecule has 4 heteroatoms. The summed E-state index contributed by atoms with van der Waals surface area (Å²) in [5.41, 5.74) is -0.0313. The molecule has 0 saturated heterocycles. The van der Waals surface area contributed by atoms with Crippen LogP contribution in [0.2, 0.25) is 0 Å². The SMILES string of the molecule is CC(C)(C)c1nnc(I)o1. The molecule has 0 unspecified atom stereocenters. The molecule has 3 nitrogen and oxygen atoms in total. The van der Waals surface area contributed by atoms with Gasteiger partial charge in [-0.2, -0.15) is 0 Å². The van der Waals surface area contributed by atoms with Crippen LogP contribution >= 0.6 is 22.6 Å². The summed E-state index contributed by atoms with van der Waals surface area (Å²) in [5, 5.41) is 7.62. The van der Waals surface area contributed by atoms with Crippen LogP contribution < -0.4 is 0 Å². The second-order valence-electron chi connectivity index (χ2n) is 3.11. The normalized spacial score (nSPS) is 12.0. The number of hydrogen-bond donors (Lipinski definition) is 0. The van der Waals surface area contributed by atoms with Crippen LogP contribution in [-0.4, -0.2) is 10.2 Å². The van der Waals surface area contributed by atoms with E-state index >= 15 is 0 Å². The standard InChI is InChI=1S/C6H9IN2O/c1-6(2,3)4-8-9-5(7)10-4/h1-3H3. The molecule has 0 aliphatic rings. The fourth-order valence-electron chi connectivity index (χ4n) is 0.508. The van der Waals surface area contributed by atoms with Crippen molar-refractivity contribution in [2.75, 3.05) is 0 Å². The average Bonchev–Trinajstić information content (AvgIpc) is 2.11. The summed E-state index contributed by atoms with van der Waals surface area (Å²) < 4.78 is 5.81. The fraction of sp³-hybridized carbons (Fsp3) is 0.667. The van der Waals surface area contributed by atoms with Gasteiger partial charge in [0.1, 0.15) is 0 Å². The third-order valence-corrected chi connectivity index (χ3v) is 1.48. The van der Waals surface area contributed by atoms with E-state index in [9.17, 15) is 0 Å². The van der Waals surface area contributed by atoms with Crippen molar-refractivity contribution in [3.05, 3.63) is 9.79 Å². The van der Waals surface area contributed by atoms with E-state index in [1.165, 1.54) is 0 Å². The lowest BCUT2D eigenvalue weighted by Crippen LogP contribution is -2.11. The molecule has 0 spiro atoms. The highest BCUT2D eigenvalue weighted by molar-refractivity contribution is 14.1. The van der Waals surface area contributed by atoms with Crippen molar-refractivity contribution in [1.82, 2.24) is 10.2 Å². The van der Waals surface area contributed by atoms with E-state index < -0.39 is 0 Å². The molecule has 1 aromatic rings. The molecule has 1 rings (SSSR count). The second kappa shape index (κ2) is 2.48. The molecule has 0 bridgehead atoms. The van der Waals surface area contributed by atoms with Crippen LogP contribution in [0.25, 0.3) is 0 Å². The molecule has 0 radical (unpaired) electrons. The van der Waals surface area contributed by atoms with Crippen LogP contribution in [-0.2, 0) is 5.41 Å². The maximum Gasteiger partial charge on any atom is 0.278 e. The summed E-state index contributed by atoms with van der Waals surface area (Å²) in [4.78, 5) is 0. The molecule has 10 heavy (non-hydrogen) atoms. The molecule has 0 N–H and O–H groups in total. The van der Waals surface area contributed by atoms with Crippen LogP contribution in [0, 0.1) is 3.90 Å². The van der Waals surface area contributed by atoms with Gasteiger partial charge in [0.15, 0.2) is 0 Å². The van der Waals surface area contributed by atoms with Gasteiger partial charge < -0.3 is 4.42 Å². The number of rotatable bonds is 0. The third kappa shape index (κ3) is 1.68. The third-order valence-electron chi connectivity index (χ3n) is 1.04. The fourth-order valence-corrected chi connectivity index (χ4v) is 0.825. The van der Waals surface area contributed by atoms with Crippen molar-refractivity contribution in [1.29, 1.82) is 0 Å². The molecular weight excluding hydrogens is 243 g/mol. The van der Waals surface area contributed by atoms with Crippen molar-refractivity contribution in [2.24, 2.45) is 0 Å². The Morgan fingerprint density at radius 3 is 2.10 bits per heavy atom. The molecule has 0 aromatic carbocycles. The highest BCUT2D eigenvalue weighted by Crippen LogP contribution is 2.20. The Hall–Kier alpha value is -0.130. The van der Waals surface area contributed by atoms with E-state index in [4.69, 9.17) is 4.42 Å². The van der Waals surface area contributed by atoms with Gasteiger partial charge in [-0.1, -0.05) is 20.8 Å². The van der Waals surface area contributed by atoms with E-state index in [1.807, 2.05) is 43.4 Å². The molecule has 1 heterocycles. The van der Waals surface area contributed by atoms with Crippen molar-refractivity contribution in [3.63, 3.8) is 0 Å². The Balaban J connectivity index is 2.96. The number of halogens is 1. The first-order chi connectivity index (χ1) is 4.50. The second-order valence-corrected chi connectivity index (χ2v) is 4.03. The van der Waals surface area contributed by atoms with Gasteiger partial charge in [0.2, 0.25) is 5.89 Å². The van der Waals surface area contributed by atoms with Gasteiger partial charge in [0.05, 0.1) is 0 Å². The Labute approximate surface area is 73.4 Å². The summed E-state index contributed by atoms with van der Waals surface area (Å²) in [7, 11) is 0. The minimum atomic E-state index is -0.0313. The number of nitrogens with zero attached hydrogens (tertiary/aromatic N) is 2. The Morgan fingerprint density at radius 2 is 1.90 bits per heavy atom. The zero-order valence-electron chi connectivity index (χ0n) is 6.18. The first-order valence-corrected chi connectivity index (χ1v) is 4.07. The number of hydrogen-bond acceptors (Lipinski definition) is 3. The molecule has 0 fully saturated rings. The van der Waals surface area contributed by atoms with Crippen LogP contribution in [0.3, 0.4) is 0 Å². The minimum Gasteiger partial charge on any atom is -0.416 e. The molecule has 0 aliphatic carbocycles. The van der Waals surface area contributed by atoms with E-state index in [2.05, 4.69) is 10.2 Å². The van der Waals surface area contributed by atoms with Gasteiger partial charge >= 0.3 is 0 Å². The lowest BCUT2D eigenvalue weighted by Gasteiger charge is -2.10. The average molecular weight is 252 g/mol. The highest BCUT2D eigenvalue weighted by atomic mass is 127. The summed E-state index contributed by atoms with van der Waals surface area (Å²) >= 11 is 2.00. The predicted octanol–water partition coefficient (Wildman–Crippen LogP) is 1.97. The highest BCUT2D eigenvalue weighted by Gasteiger charge is 2.20. The van der Waals surface area contributed by atoms with Crippen LogP contribution in [0.5, 0.6) is 0 Å².